The lowest BCUT2D eigenvalue weighted by atomic mass is 10.1. The van der Waals surface area contributed by atoms with E-state index in [2.05, 4.69) is 0 Å². The van der Waals surface area contributed by atoms with Gasteiger partial charge in [-0.1, -0.05) is 42.0 Å². The van der Waals surface area contributed by atoms with Crippen LogP contribution in [0.5, 0.6) is 5.75 Å². The van der Waals surface area contributed by atoms with Gasteiger partial charge in [0.05, 0.1) is 0 Å². The van der Waals surface area contributed by atoms with E-state index < -0.39 is 17.8 Å². The molecule has 4 amide bonds. The van der Waals surface area contributed by atoms with Gasteiger partial charge in [0.1, 0.15) is 17.9 Å². The molecule has 0 spiro atoms. The van der Waals surface area contributed by atoms with E-state index in [0.29, 0.717) is 17.9 Å². The molecule has 0 atom stereocenters. The molecule has 6 nitrogen and oxygen atoms in total. The van der Waals surface area contributed by atoms with Crippen LogP contribution in [0.25, 0.3) is 6.08 Å². The number of carbonyl (C=O) groups is 3. The lowest BCUT2D eigenvalue weighted by Gasteiger charge is -2.14. The van der Waals surface area contributed by atoms with Crippen molar-refractivity contribution in [1.29, 1.82) is 0 Å². The summed E-state index contributed by atoms with van der Waals surface area (Å²) in [6, 6.07) is 14.2. The third-order valence-corrected chi connectivity index (χ3v) is 3.66. The van der Waals surface area contributed by atoms with Gasteiger partial charge >= 0.3 is 6.03 Å². The molecule has 0 saturated carbocycles. The predicted octanol–water partition coefficient (Wildman–Crippen LogP) is 2.32. The van der Waals surface area contributed by atoms with Gasteiger partial charge in [-0.15, -0.1) is 0 Å². The molecular formula is C19H16N2O4. The van der Waals surface area contributed by atoms with Crippen LogP contribution in [0.3, 0.4) is 0 Å². The Labute approximate surface area is 144 Å². The van der Waals surface area contributed by atoms with Gasteiger partial charge in [-0.3, -0.25) is 20.2 Å². The molecule has 1 aliphatic rings. The normalized spacial score (nSPS) is 14.0. The Hall–Kier alpha value is -3.41. The average Bonchev–Trinajstić information content (AvgIpc) is 2.59. The lowest BCUT2D eigenvalue weighted by Crippen LogP contribution is -2.51. The van der Waals surface area contributed by atoms with E-state index in [1.54, 1.807) is 24.3 Å². The summed E-state index contributed by atoms with van der Waals surface area (Å²) in [7, 11) is 0. The fraction of sp³-hybridized carbons (Fsp3) is 0.105. The van der Waals surface area contributed by atoms with Crippen molar-refractivity contribution in [3.05, 3.63) is 70.8 Å². The smallest absolute Gasteiger partial charge is 0.328 e. The van der Waals surface area contributed by atoms with Gasteiger partial charge in [0.2, 0.25) is 0 Å². The van der Waals surface area contributed by atoms with Crippen molar-refractivity contribution in [3.63, 3.8) is 0 Å². The molecule has 0 bridgehead atoms. The van der Waals surface area contributed by atoms with Crippen LogP contribution in [0.2, 0.25) is 0 Å². The SMILES string of the molecule is Cc1ccc(COc2ccc(C=C3C(=O)NC(=O)NC3=O)cc2)cc1. The maximum absolute atomic E-state index is 11.7. The number of aryl methyl sites for hydroxylation is 1. The van der Waals surface area contributed by atoms with Crippen LogP contribution in [-0.2, 0) is 16.2 Å². The van der Waals surface area contributed by atoms with E-state index in [9.17, 15) is 14.4 Å². The minimum absolute atomic E-state index is 0.118. The van der Waals surface area contributed by atoms with Crippen molar-refractivity contribution < 1.29 is 19.1 Å². The number of urea groups is 1. The molecule has 1 heterocycles. The van der Waals surface area contributed by atoms with E-state index in [4.69, 9.17) is 4.74 Å². The minimum Gasteiger partial charge on any atom is -0.489 e. The number of nitrogens with one attached hydrogen (secondary N) is 2. The highest BCUT2D eigenvalue weighted by atomic mass is 16.5. The molecule has 0 aliphatic carbocycles. The second-order valence-electron chi connectivity index (χ2n) is 5.64. The Bertz CT molecular complexity index is 830. The van der Waals surface area contributed by atoms with Gasteiger partial charge in [-0.2, -0.15) is 0 Å². The van der Waals surface area contributed by atoms with Gasteiger partial charge in [-0.05, 0) is 36.3 Å². The number of hydrogen-bond acceptors (Lipinski definition) is 4. The van der Waals surface area contributed by atoms with E-state index in [-0.39, 0.29) is 5.57 Å². The molecule has 2 aromatic rings. The molecule has 2 aromatic carbocycles. The fourth-order valence-corrected chi connectivity index (χ4v) is 2.28. The Kier molecular flexibility index (Phi) is 4.61. The van der Waals surface area contributed by atoms with Crippen molar-refractivity contribution in [2.24, 2.45) is 0 Å². The van der Waals surface area contributed by atoms with Crippen LogP contribution in [-0.4, -0.2) is 17.8 Å². The zero-order valence-corrected chi connectivity index (χ0v) is 13.5. The van der Waals surface area contributed by atoms with Crippen molar-refractivity contribution >= 4 is 23.9 Å². The number of carbonyl (C=O) groups excluding carboxylic acids is 3. The number of ether oxygens (including phenoxy) is 1. The zero-order chi connectivity index (χ0) is 17.8. The quantitative estimate of drug-likeness (QED) is 0.663. The number of amides is 4. The summed E-state index contributed by atoms with van der Waals surface area (Å²) in [5.74, 6) is -0.752. The predicted molar refractivity (Wildman–Crippen MR) is 91.6 cm³/mol. The standard InChI is InChI=1S/C19H16N2O4/c1-12-2-4-14(5-3-12)11-25-15-8-6-13(7-9-15)10-16-17(22)20-19(24)21-18(16)23/h2-10H,11H2,1H3,(H2,20,21,22,23,24). The third kappa shape index (κ3) is 4.11. The molecule has 3 rings (SSSR count). The first-order valence-corrected chi connectivity index (χ1v) is 7.68. The molecule has 0 radical (unpaired) electrons. The second-order valence-corrected chi connectivity index (χ2v) is 5.64. The van der Waals surface area contributed by atoms with Crippen LogP contribution < -0.4 is 15.4 Å². The molecule has 0 aromatic heterocycles. The van der Waals surface area contributed by atoms with Crippen molar-refractivity contribution in [1.82, 2.24) is 10.6 Å². The topological polar surface area (TPSA) is 84.5 Å². The highest BCUT2D eigenvalue weighted by Gasteiger charge is 2.27. The molecular weight excluding hydrogens is 320 g/mol. The number of rotatable bonds is 4. The highest BCUT2D eigenvalue weighted by molar-refractivity contribution is 6.31. The summed E-state index contributed by atoms with van der Waals surface area (Å²) in [5, 5.41) is 4.06. The van der Waals surface area contributed by atoms with E-state index in [0.717, 1.165) is 5.56 Å². The first kappa shape index (κ1) is 16.4. The number of hydrogen-bond donors (Lipinski definition) is 2. The Balaban J connectivity index is 1.66. The zero-order valence-electron chi connectivity index (χ0n) is 13.5. The van der Waals surface area contributed by atoms with Crippen LogP contribution >= 0.6 is 0 Å². The molecule has 126 valence electrons. The third-order valence-electron chi connectivity index (χ3n) is 3.66. The summed E-state index contributed by atoms with van der Waals surface area (Å²) in [5.41, 5.74) is 2.79. The monoisotopic (exact) mass is 336 g/mol. The lowest BCUT2D eigenvalue weighted by molar-refractivity contribution is -0.123. The van der Waals surface area contributed by atoms with Crippen LogP contribution in [0.4, 0.5) is 4.79 Å². The fourth-order valence-electron chi connectivity index (χ4n) is 2.28. The van der Waals surface area contributed by atoms with Crippen LogP contribution in [0.15, 0.2) is 54.1 Å². The van der Waals surface area contributed by atoms with Crippen molar-refractivity contribution in [3.8, 4) is 5.75 Å². The highest BCUT2D eigenvalue weighted by Crippen LogP contribution is 2.17. The number of imide groups is 2. The Morgan fingerprint density at radius 3 is 2.08 bits per heavy atom. The van der Waals surface area contributed by atoms with Crippen molar-refractivity contribution in [2.45, 2.75) is 13.5 Å². The molecule has 25 heavy (non-hydrogen) atoms. The van der Waals surface area contributed by atoms with Gasteiger partial charge in [0.25, 0.3) is 11.8 Å². The molecule has 1 fully saturated rings. The average molecular weight is 336 g/mol. The van der Waals surface area contributed by atoms with Crippen molar-refractivity contribution in [2.75, 3.05) is 0 Å². The van der Waals surface area contributed by atoms with Crippen LogP contribution in [0.1, 0.15) is 16.7 Å². The molecule has 2 N–H and O–H groups in total. The molecule has 0 unspecified atom stereocenters. The second kappa shape index (κ2) is 7.00. The van der Waals surface area contributed by atoms with E-state index in [1.165, 1.54) is 11.6 Å². The van der Waals surface area contributed by atoms with Gasteiger partial charge < -0.3 is 4.74 Å². The van der Waals surface area contributed by atoms with E-state index >= 15 is 0 Å². The molecule has 6 heteroatoms. The minimum atomic E-state index is -0.813. The summed E-state index contributed by atoms with van der Waals surface area (Å²) < 4.78 is 5.71. The number of benzene rings is 2. The summed E-state index contributed by atoms with van der Waals surface area (Å²) in [6.07, 6.45) is 1.42. The molecule has 1 saturated heterocycles. The Morgan fingerprint density at radius 2 is 1.48 bits per heavy atom. The summed E-state index contributed by atoms with van der Waals surface area (Å²) in [6.45, 7) is 2.48. The Morgan fingerprint density at radius 1 is 0.880 bits per heavy atom. The van der Waals surface area contributed by atoms with Gasteiger partial charge in [-0.25, -0.2) is 4.79 Å². The largest absolute Gasteiger partial charge is 0.489 e. The maximum Gasteiger partial charge on any atom is 0.328 e. The maximum atomic E-state index is 11.7. The number of barbiturate groups is 1. The first-order valence-electron chi connectivity index (χ1n) is 7.68. The van der Waals surface area contributed by atoms with E-state index in [1.807, 2.05) is 41.8 Å². The van der Waals surface area contributed by atoms with Gasteiger partial charge in [0.15, 0.2) is 0 Å². The first-order chi connectivity index (χ1) is 12.0. The summed E-state index contributed by atoms with van der Waals surface area (Å²) in [4.78, 5) is 34.4. The van der Waals surface area contributed by atoms with Crippen LogP contribution in [0, 0.1) is 6.92 Å². The van der Waals surface area contributed by atoms with Gasteiger partial charge in [0, 0.05) is 0 Å². The summed E-state index contributed by atoms with van der Waals surface area (Å²) >= 11 is 0. The molecule has 1 aliphatic heterocycles.